The van der Waals surface area contributed by atoms with Gasteiger partial charge in [0.1, 0.15) is 0 Å². The number of nitrogens with one attached hydrogen (secondary N) is 1. The minimum atomic E-state index is -0.760. The first-order valence-electron chi connectivity index (χ1n) is 7.36. The largest absolute Gasteiger partial charge is 0.481 e. The highest BCUT2D eigenvalue weighted by Gasteiger charge is 2.30. The molecule has 1 amide bonds. The van der Waals surface area contributed by atoms with Gasteiger partial charge in [0.2, 0.25) is 5.91 Å². The van der Waals surface area contributed by atoms with Gasteiger partial charge in [-0.1, -0.05) is 0 Å². The number of amides is 1. The van der Waals surface area contributed by atoms with E-state index in [1.807, 2.05) is 0 Å². The van der Waals surface area contributed by atoms with Crippen molar-refractivity contribution in [3.8, 4) is 0 Å². The van der Waals surface area contributed by atoms with Gasteiger partial charge in [-0.3, -0.25) is 9.59 Å². The smallest absolute Gasteiger partial charge is 0.306 e. The van der Waals surface area contributed by atoms with Crippen molar-refractivity contribution in [2.75, 3.05) is 19.8 Å². The molecule has 1 heterocycles. The Morgan fingerprint density at radius 2 is 1.95 bits per heavy atom. The van der Waals surface area contributed by atoms with Crippen molar-refractivity contribution in [2.24, 2.45) is 5.92 Å². The van der Waals surface area contributed by atoms with Crippen LogP contribution in [0.25, 0.3) is 0 Å². The second-order valence-corrected chi connectivity index (χ2v) is 5.55. The molecule has 6 nitrogen and oxygen atoms in total. The molecule has 1 saturated carbocycles. The third-order valence-corrected chi connectivity index (χ3v) is 4.00. The number of carboxylic acids is 1. The zero-order chi connectivity index (χ0) is 14.4. The molecule has 114 valence electrons. The molecule has 6 heteroatoms. The molecule has 0 aromatic heterocycles. The van der Waals surface area contributed by atoms with E-state index in [4.69, 9.17) is 14.6 Å². The van der Waals surface area contributed by atoms with Crippen LogP contribution in [0.1, 0.15) is 38.5 Å². The van der Waals surface area contributed by atoms with E-state index in [0.717, 1.165) is 32.5 Å². The molecule has 20 heavy (non-hydrogen) atoms. The monoisotopic (exact) mass is 285 g/mol. The zero-order valence-electron chi connectivity index (χ0n) is 11.7. The lowest BCUT2D eigenvalue weighted by atomic mass is 10.1. The molecule has 2 atom stereocenters. The summed E-state index contributed by atoms with van der Waals surface area (Å²) in [6, 6.07) is 0.00619. The van der Waals surface area contributed by atoms with E-state index in [1.54, 1.807) is 0 Å². The number of hydrogen-bond acceptors (Lipinski definition) is 4. The number of ether oxygens (including phenoxy) is 2. The molecule has 0 spiro atoms. The third kappa shape index (κ3) is 4.76. The topological polar surface area (TPSA) is 84.9 Å². The first-order chi connectivity index (χ1) is 9.65. The molecule has 2 aliphatic rings. The highest BCUT2D eigenvalue weighted by atomic mass is 16.5. The fourth-order valence-electron chi connectivity index (χ4n) is 2.80. The third-order valence-electron chi connectivity index (χ3n) is 4.00. The Hall–Kier alpha value is -1.14. The fraction of sp³-hybridized carbons (Fsp3) is 0.857. The molecule has 1 saturated heterocycles. The number of carbonyl (C=O) groups is 2. The molecule has 0 aromatic carbocycles. The summed E-state index contributed by atoms with van der Waals surface area (Å²) < 4.78 is 10.9. The molecule has 1 aliphatic carbocycles. The summed E-state index contributed by atoms with van der Waals surface area (Å²) in [6.45, 7) is 1.89. The van der Waals surface area contributed by atoms with Crippen LogP contribution in [0.2, 0.25) is 0 Å². The van der Waals surface area contributed by atoms with Gasteiger partial charge in [-0.25, -0.2) is 0 Å². The summed E-state index contributed by atoms with van der Waals surface area (Å²) in [5.41, 5.74) is 0. The Labute approximate surface area is 118 Å². The predicted octanol–water partition coefficient (Wildman–Crippen LogP) is 0.942. The lowest BCUT2D eigenvalue weighted by Gasteiger charge is -2.22. The van der Waals surface area contributed by atoms with Crippen molar-refractivity contribution in [3.63, 3.8) is 0 Å². The maximum Gasteiger partial charge on any atom is 0.306 e. The van der Waals surface area contributed by atoms with Gasteiger partial charge >= 0.3 is 5.97 Å². The number of rotatable bonds is 6. The lowest BCUT2D eigenvalue weighted by molar-refractivity contribution is -0.141. The number of carbonyl (C=O) groups excluding carboxylic acids is 1. The summed E-state index contributed by atoms with van der Waals surface area (Å²) in [7, 11) is 0. The lowest BCUT2D eigenvalue weighted by Crippen LogP contribution is -2.34. The van der Waals surface area contributed by atoms with E-state index in [9.17, 15) is 9.59 Å². The van der Waals surface area contributed by atoms with Crippen molar-refractivity contribution in [2.45, 2.75) is 50.7 Å². The molecule has 1 aliphatic heterocycles. The van der Waals surface area contributed by atoms with Crippen LogP contribution in [0.5, 0.6) is 0 Å². The first kappa shape index (κ1) is 15.3. The van der Waals surface area contributed by atoms with Gasteiger partial charge in [0.15, 0.2) is 0 Å². The van der Waals surface area contributed by atoms with E-state index >= 15 is 0 Å². The quantitative estimate of drug-likeness (QED) is 0.758. The second-order valence-electron chi connectivity index (χ2n) is 5.55. The minimum absolute atomic E-state index is 0.00619. The molecular weight excluding hydrogens is 262 g/mol. The molecule has 2 N–H and O–H groups in total. The van der Waals surface area contributed by atoms with Gasteiger partial charge < -0.3 is 19.9 Å². The van der Waals surface area contributed by atoms with Crippen molar-refractivity contribution in [1.29, 1.82) is 0 Å². The number of hydrogen-bond donors (Lipinski definition) is 2. The average Bonchev–Trinajstić information content (AvgIpc) is 2.88. The Balaban J connectivity index is 1.57. The molecule has 0 aromatic rings. The summed E-state index contributed by atoms with van der Waals surface area (Å²) in [5.74, 6) is -1.11. The molecule has 0 radical (unpaired) electrons. The normalized spacial score (nSPS) is 27.4. The SMILES string of the molecule is O=C(CCOC1CCOCC1)N[C@@H]1CC[C@H](C(=O)O)C1. The summed E-state index contributed by atoms with van der Waals surface area (Å²) in [4.78, 5) is 22.6. The van der Waals surface area contributed by atoms with Gasteiger partial charge in [0, 0.05) is 25.7 Å². The maximum absolute atomic E-state index is 11.8. The Bertz CT molecular complexity index is 340. The van der Waals surface area contributed by atoms with E-state index in [0.29, 0.717) is 25.9 Å². The highest BCUT2D eigenvalue weighted by molar-refractivity contribution is 5.76. The summed E-state index contributed by atoms with van der Waals surface area (Å²) in [5, 5.41) is 11.8. The summed E-state index contributed by atoms with van der Waals surface area (Å²) >= 11 is 0. The van der Waals surface area contributed by atoms with Crippen molar-refractivity contribution >= 4 is 11.9 Å². The van der Waals surface area contributed by atoms with Crippen LogP contribution in [0.15, 0.2) is 0 Å². The van der Waals surface area contributed by atoms with Crippen molar-refractivity contribution in [1.82, 2.24) is 5.32 Å². The van der Waals surface area contributed by atoms with Crippen LogP contribution in [0.3, 0.4) is 0 Å². The number of aliphatic carboxylic acids is 1. The molecule has 2 rings (SSSR count). The Morgan fingerprint density at radius 1 is 1.20 bits per heavy atom. The highest BCUT2D eigenvalue weighted by Crippen LogP contribution is 2.25. The van der Waals surface area contributed by atoms with Crippen LogP contribution < -0.4 is 5.32 Å². The maximum atomic E-state index is 11.8. The van der Waals surface area contributed by atoms with Crippen LogP contribution in [-0.4, -0.2) is 48.9 Å². The van der Waals surface area contributed by atoms with Crippen molar-refractivity contribution < 1.29 is 24.2 Å². The fourth-order valence-corrected chi connectivity index (χ4v) is 2.80. The zero-order valence-corrected chi connectivity index (χ0v) is 11.7. The van der Waals surface area contributed by atoms with Crippen LogP contribution in [0, 0.1) is 5.92 Å². The van der Waals surface area contributed by atoms with Crippen LogP contribution in [0.4, 0.5) is 0 Å². The van der Waals surface area contributed by atoms with E-state index in [-0.39, 0.29) is 24.0 Å². The van der Waals surface area contributed by atoms with Gasteiger partial charge in [0.05, 0.1) is 18.6 Å². The molecule has 2 fully saturated rings. The molecule has 0 unspecified atom stereocenters. The first-order valence-corrected chi connectivity index (χ1v) is 7.36. The second kappa shape index (κ2) is 7.59. The average molecular weight is 285 g/mol. The number of carboxylic acid groups (broad SMARTS) is 1. The minimum Gasteiger partial charge on any atom is -0.481 e. The van der Waals surface area contributed by atoms with Gasteiger partial charge in [-0.15, -0.1) is 0 Å². The van der Waals surface area contributed by atoms with Gasteiger partial charge in [-0.2, -0.15) is 0 Å². The molecule has 0 bridgehead atoms. The van der Waals surface area contributed by atoms with Gasteiger partial charge in [-0.05, 0) is 32.1 Å². The van der Waals surface area contributed by atoms with Gasteiger partial charge in [0.25, 0.3) is 0 Å². The summed E-state index contributed by atoms with van der Waals surface area (Å²) in [6.07, 6.45) is 4.28. The van der Waals surface area contributed by atoms with Crippen LogP contribution >= 0.6 is 0 Å². The standard InChI is InChI=1S/C14H23NO5/c16-13(5-8-20-12-3-6-19-7-4-12)15-11-2-1-10(9-11)14(17)18/h10-12H,1-9H2,(H,15,16)(H,17,18)/t10-,11+/m0/s1. The predicted molar refractivity (Wildman–Crippen MR) is 71.3 cm³/mol. The van der Waals surface area contributed by atoms with E-state index in [1.165, 1.54) is 0 Å². The van der Waals surface area contributed by atoms with Crippen LogP contribution in [-0.2, 0) is 19.1 Å². The van der Waals surface area contributed by atoms with E-state index in [2.05, 4.69) is 5.32 Å². The van der Waals surface area contributed by atoms with Crippen molar-refractivity contribution in [3.05, 3.63) is 0 Å². The molecular formula is C14H23NO5. The Kier molecular flexibility index (Phi) is 5.79. The Morgan fingerprint density at radius 3 is 2.60 bits per heavy atom. The van der Waals surface area contributed by atoms with E-state index < -0.39 is 5.97 Å².